The average molecular weight is 481 g/mol. The Balaban J connectivity index is 1.53. The second-order valence-corrected chi connectivity index (χ2v) is 9.35. The predicted molar refractivity (Wildman–Crippen MR) is 127 cm³/mol. The zero-order valence-corrected chi connectivity index (χ0v) is 18.9. The van der Waals surface area contributed by atoms with Gasteiger partial charge in [0.2, 0.25) is 0 Å². The van der Waals surface area contributed by atoms with Crippen LogP contribution in [0.1, 0.15) is 48.9 Å². The molecule has 0 bridgehead atoms. The number of rotatable bonds is 6. The highest BCUT2D eigenvalue weighted by Crippen LogP contribution is 2.39. The Morgan fingerprint density at radius 2 is 1.57 bits per heavy atom. The van der Waals surface area contributed by atoms with Gasteiger partial charge in [0.25, 0.3) is 0 Å². The Morgan fingerprint density at radius 3 is 2.20 bits per heavy atom. The maximum absolute atomic E-state index is 14.0. The van der Waals surface area contributed by atoms with Crippen LogP contribution in [0.2, 0.25) is 0 Å². The Labute approximate surface area is 200 Å². The highest BCUT2D eigenvalue weighted by molar-refractivity contribution is 6.10. The number of pyridine rings is 1. The fourth-order valence-electron chi connectivity index (χ4n) is 4.77. The zero-order valence-electron chi connectivity index (χ0n) is 18.9. The lowest BCUT2D eigenvalue weighted by Crippen LogP contribution is -2.39. The van der Waals surface area contributed by atoms with E-state index in [9.17, 15) is 23.5 Å². The lowest BCUT2D eigenvalue weighted by molar-refractivity contribution is 0.0968. The molecule has 2 saturated carbocycles. The van der Waals surface area contributed by atoms with Crippen LogP contribution < -0.4 is 10.6 Å². The van der Waals surface area contributed by atoms with E-state index in [4.69, 9.17) is 5.11 Å². The van der Waals surface area contributed by atoms with E-state index >= 15 is 0 Å². The van der Waals surface area contributed by atoms with Gasteiger partial charge in [0.15, 0.2) is 23.2 Å². The maximum Gasteiger partial charge on any atom is 0.404 e. The number of phenolic OH excluding ortho intramolecular Hbond substituents is 1. The first kappa shape index (κ1) is 23.0. The molecule has 9 heteroatoms. The first-order valence-electron chi connectivity index (χ1n) is 11.7. The van der Waals surface area contributed by atoms with Crippen molar-refractivity contribution in [1.82, 2.24) is 10.3 Å². The smallest absolute Gasteiger partial charge is 0.404 e. The molecule has 7 nitrogen and oxygen atoms in total. The van der Waals surface area contributed by atoms with Gasteiger partial charge in [0.1, 0.15) is 0 Å². The van der Waals surface area contributed by atoms with E-state index in [2.05, 4.69) is 15.6 Å². The van der Waals surface area contributed by atoms with Crippen LogP contribution >= 0.6 is 0 Å². The Kier molecular flexibility index (Phi) is 6.00. The van der Waals surface area contributed by atoms with Crippen molar-refractivity contribution in [3.05, 3.63) is 53.7 Å². The number of carboxylic acid groups (broad SMARTS) is 1. The third-order valence-corrected chi connectivity index (χ3v) is 6.84. The van der Waals surface area contributed by atoms with E-state index < -0.39 is 23.5 Å². The highest BCUT2D eigenvalue weighted by Gasteiger charge is 2.33. The molecular formula is C26H25F2N3O4. The second kappa shape index (κ2) is 9.13. The monoisotopic (exact) mass is 481 g/mol. The van der Waals surface area contributed by atoms with Crippen molar-refractivity contribution < 1.29 is 28.6 Å². The molecule has 1 aromatic heterocycles. The molecule has 0 saturated heterocycles. The van der Waals surface area contributed by atoms with Crippen LogP contribution in [0.15, 0.2) is 36.5 Å². The Bertz CT molecular complexity index is 1290. The predicted octanol–water partition coefficient (Wildman–Crippen LogP) is 5.47. The quantitative estimate of drug-likeness (QED) is 0.348. The van der Waals surface area contributed by atoms with Crippen LogP contribution in [0.25, 0.3) is 22.0 Å². The van der Waals surface area contributed by atoms with Gasteiger partial charge in [-0.1, -0.05) is 6.07 Å². The van der Waals surface area contributed by atoms with Crippen molar-refractivity contribution in [2.75, 3.05) is 5.32 Å². The number of anilines is 1. The second-order valence-electron chi connectivity index (χ2n) is 9.35. The van der Waals surface area contributed by atoms with Crippen LogP contribution in [0.5, 0.6) is 5.75 Å². The maximum atomic E-state index is 14.0. The molecule has 0 unspecified atom stereocenters. The topological polar surface area (TPSA) is 112 Å². The summed E-state index contributed by atoms with van der Waals surface area (Å²) in [4.78, 5) is 28.5. The van der Waals surface area contributed by atoms with E-state index in [0.717, 1.165) is 37.8 Å². The molecule has 0 radical (unpaired) electrons. The number of carbonyl (C=O) groups is 2. The van der Waals surface area contributed by atoms with Gasteiger partial charge in [-0.3, -0.25) is 9.78 Å². The minimum atomic E-state index is -1.05. The summed E-state index contributed by atoms with van der Waals surface area (Å²) in [5.41, 5.74) is 2.54. The number of amides is 1. The molecule has 35 heavy (non-hydrogen) atoms. The van der Waals surface area contributed by atoms with E-state index in [-0.39, 0.29) is 29.3 Å². The summed E-state index contributed by atoms with van der Waals surface area (Å²) in [7, 11) is 0. The fraction of sp³-hybridized carbons (Fsp3) is 0.346. The number of nitrogens with one attached hydrogen (secondary N) is 2. The van der Waals surface area contributed by atoms with Crippen molar-refractivity contribution in [2.24, 2.45) is 5.92 Å². The summed E-state index contributed by atoms with van der Waals surface area (Å²) >= 11 is 0. The molecule has 0 atom stereocenters. The number of benzene rings is 2. The Morgan fingerprint density at radius 1 is 0.914 bits per heavy atom. The van der Waals surface area contributed by atoms with Crippen LogP contribution in [0.4, 0.5) is 19.3 Å². The van der Waals surface area contributed by atoms with Gasteiger partial charge in [-0.15, -0.1) is 0 Å². The minimum Gasteiger partial charge on any atom is -0.503 e. The number of aromatic nitrogens is 1. The number of aromatic hydroxyl groups is 1. The van der Waals surface area contributed by atoms with E-state index in [1.165, 1.54) is 0 Å². The fourth-order valence-corrected chi connectivity index (χ4v) is 4.77. The molecule has 0 aliphatic heterocycles. The number of Topliss-reactive ketones (excluding diaryl/α,β-unsaturated/α-hetero) is 1. The largest absolute Gasteiger partial charge is 0.503 e. The minimum absolute atomic E-state index is 0.0197. The number of hydrogen-bond donors (Lipinski definition) is 4. The van der Waals surface area contributed by atoms with Crippen LogP contribution in [0.3, 0.4) is 0 Å². The zero-order chi connectivity index (χ0) is 24.7. The van der Waals surface area contributed by atoms with Gasteiger partial charge in [0.05, 0.1) is 16.8 Å². The van der Waals surface area contributed by atoms with Gasteiger partial charge in [-0.25, -0.2) is 13.6 Å². The highest BCUT2D eigenvalue weighted by atomic mass is 19.1. The molecule has 3 aromatic rings. The summed E-state index contributed by atoms with van der Waals surface area (Å²) in [6.07, 6.45) is 5.03. The number of ketones is 1. The molecule has 5 rings (SSSR count). The standard InChI is InChI=1S/C26H25F2N3O4/c27-20-10-15(11-21(28)25(20)33)14-3-8-22-18(9-14)23(19(12-29-22)24(32)13-1-2-13)30-16-4-6-17(7-5-16)31-26(34)35/h3,8-13,16-17,31,33H,1-2,4-7H2,(H,29,30)(H,34,35)/t16-,17+. The molecule has 2 aliphatic rings. The van der Waals surface area contributed by atoms with Gasteiger partial charge in [0, 0.05) is 29.6 Å². The number of hydrogen-bond acceptors (Lipinski definition) is 5. The van der Waals surface area contributed by atoms with Gasteiger partial charge in [-0.2, -0.15) is 0 Å². The first-order chi connectivity index (χ1) is 16.8. The van der Waals surface area contributed by atoms with Crippen molar-refractivity contribution >= 4 is 28.5 Å². The lowest BCUT2D eigenvalue weighted by atomic mass is 9.90. The summed E-state index contributed by atoms with van der Waals surface area (Å²) < 4.78 is 28.0. The van der Waals surface area contributed by atoms with Crippen molar-refractivity contribution in [3.8, 4) is 16.9 Å². The van der Waals surface area contributed by atoms with Crippen LogP contribution in [-0.4, -0.2) is 39.2 Å². The molecule has 0 spiro atoms. The van der Waals surface area contributed by atoms with E-state index in [1.54, 1.807) is 24.4 Å². The summed E-state index contributed by atoms with van der Waals surface area (Å²) in [5, 5.41) is 25.1. The molecule has 2 aromatic carbocycles. The average Bonchev–Trinajstić information content (AvgIpc) is 3.68. The number of nitrogens with zero attached hydrogens (tertiary/aromatic N) is 1. The number of carbonyl (C=O) groups excluding carboxylic acids is 1. The molecule has 2 fully saturated rings. The normalized spacial score (nSPS) is 19.9. The molecule has 4 N–H and O–H groups in total. The van der Waals surface area contributed by atoms with Crippen LogP contribution in [0, 0.1) is 17.6 Å². The summed E-state index contributed by atoms with van der Waals surface area (Å²) in [6, 6.07) is 7.24. The number of halogens is 2. The number of fused-ring (bicyclic) bond motifs is 1. The molecule has 1 heterocycles. The molecule has 2 aliphatic carbocycles. The van der Waals surface area contributed by atoms with E-state index in [1.807, 2.05) is 0 Å². The molecule has 182 valence electrons. The van der Waals surface area contributed by atoms with Gasteiger partial charge in [-0.05, 0) is 73.9 Å². The first-order valence-corrected chi connectivity index (χ1v) is 11.7. The van der Waals surface area contributed by atoms with Crippen LogP contribution in [-0.2, 0) is 0 Å². The van der Waals surface area contributed by atoms with Crippen molar-refractivity contribution in [3.63, 3.8) is 0 Å². The summed E-state index contributed by atoms with van der Waals surface area (Å²) in [5.74, 6) is -3.13. The third-order valence-electron chi connectivity index (χ3n) is 6.84. The molecule has 1 amide bonds. The molecular weight excluding hydrogens is 456 g/mol. The third kappa shape index (κ3) is 4.76. The number of phenols is 1. The van der Waals surface area contributed by atoms with Gasteiger partial charge >= 0.3 is 6.09 Å². The van der Waals surface area contributed by atoms with E-state index in [0.29, 0.717) is 40.6 Å². The lowest BCUT2D eigenvalue weighted by Gasteiger charge is -2.30. The summed E-state index contributed by atoms with van der Waals surface area (Å²) in [6.45, 7) is 0. The SMILES string of the molecule is O=C(O)N[C@H]1CC[C@@H](Nc2c(C(=O)C3CC3)cnc3ccc(-c4cc(F)c(O)c(F)c4)cc23)CC1. The van der Waals surface area contributed by atoms with Crippen molar-refractivity contribution in [2.45, 2.75) is 50.6 Å². The Hall–Kier alpha value is -3.75. The van der Waals surface area contributed by atoms with Crippen molar-refractivity contribution in [1.29, 1.82) is 0 Å². The van der Waals surface area contributed by atoms with Gasteiger partial charge < -0.3 is 20.8 Å².